The van der Waals surface area contributed by atoms with Crippen molar-refractivity contribution >= 4 is 17.5 Å². The molecule has 104 valence electrons. The molecule has 1 aliphatic rings. The van der Waals surface area contributed by atoms with Crippen molar-refractivity contribution in [1.82, 2.24) is 5.32 Å². The van der Waals surface area contributed by atoms with Crippen LogP contribution in [-0.4, -0.2) is 25.1 Å². The number of rotatable bonds is 5. The van der Waals surface area contributed by atoms with E-state index in [1.807, 2.05) is 0 Å². The average Bonchev–Trinajstić information content (AvgIpc) is 2.34. The minimum atomic E-state index is -0.565. The summed E-state index contributed by atoms with van der Waals surface area (Å²) < 4.78 is 18.3. The Balaban J connectivity index is 1.73. The van der Waals surface area contributed by atoms with Gasteiger partial charge in [0.2, 0.25) is 0 Å². The Bertz CT molecular complexity index is 464. The lowest BCUT2D eigenvalue weighted by Gasteiger charge is -2.34. The molecule has 2 rings (SSSR count). The second-order valence-electron chi connectivity index (χ2n) is 4.70. The number of nitrogens with two attached hydrogens (primary N) is 1. The Kier molecular flexibility index (Phi) is 4.61. The highest BCUT2D eigenvalue weighted by molar-refractivity contribution is 6.30. The number of nitrogens with one attached hydrogen (secondary N) is 1. The van der Waals surface area contributed by atoms with Gasteiger partial charge in [-0.3, -0.25) is 4.79 Å². The zero-order valence-electron chi connectivity index (χ0n) is 10.4. The highest BCUT2D eigenvalue weighted by atomic mass is 35.5. The third-order valence-corrected chi connectivity index (χ3v) is 3.50. The molecule has 0 saturated heterocycles. The Morgan fingerprint density at radius 2 is 2.26 bits per heavy atom. The smallest absolute Gasteiger partial charge is 0.258 e. The molecule has 0 heterocycles. The average molecular weight is 287 g/mol. The predicted molar refractivity (Wildman–Crippen MR) is 70.6 cm³/mol. The molecule has 1 aliphatic carbocycles. The van der Waals surface area contributed by atoms with Gasteiger partial charge in [-0.2, -0.15) is 0 Å². The maximum atomic E-state index is 13.1. The molecule has 0 spiro atoms. The van der Waals surface area contributed by atoms with Gasteiger partial charge >= 0.3 is 0 Å². The van der Waals surface area contributed by atoms with Crippen LogP contribution in [0.5, 0.6) is 5.75 Å². The predicted octanol–water partition coefficient (Wildman–Crippen LogP) is 1.71. The molecule has 6 heteroatoms. The largest absolute Gasteiger partial charge is 0.484 e. The molecule has 0 bridgehead atoms. The van der Waals surface area contributed by atoms with Gasteiger partial charge in [-0.15, -0.1) is 0 Å². The highest BCUT2D eigenvalue weighted by Gasteiger charge is 2.28. The number of carbonyl (C=O) groups is 1. The van der Waals surface area contributed by atoms with Crippen LogP contribution >= 0.6 is 11.6 Å². The molecule has 1 saturated carbocycles. The standard InChI is InChI=1S/C13H16ClFN2O2/c14-11-2-1-10(5-12(11)15)19-7-13(18)17-9-3-8(4-9)6-16/h1-2,5,8-9H,3-4,6-7,16H2,(H,17,18). The van der Waals surface area contributed by atoms with Crippen LogP contribution < -0.4 is 15.8 Å². The van der Waals surface area contributed by atoms with Crippen LogP contribution in [0.25, 0.3) is 0 Å². The minimum Gasteiger partial charge on any atom is -0.484 e. The summed E-state index contributed by atoms with van der Waals surface area (Å²) in [4.78, 5) is 11.6. The van der Waals surface area contributed by atoms with Gasteiger partial charge in [0.1, 0.15) is 11.6 Å². The lowest BCUT2D eigenvalue weighted by Crippen LogP contribution is -2.47. The van der Waals surface area contributed by atoms with Crippen LogP contribution in [-0.2, 0) is 4.79 Å². The first-order valence-corrected chi connectivity index (χ1v) is 6.53. The summed E-state index contributed by atoms with van der Waals surface area (Å²) in [7, 11) is 0. The van der Waals surface area contributed by atoms with Gasteiger partial charge in [0.15, 0.2) is 6.61 Å². The molecule has 0 radical (unpaired) electrons. The van der Waals surface area contributed by atoms with Crippen molar-refractivity contribution in [3.8, 4) is 5.75 Å². The zero-order chi connectivity index (χ0) is 13.8. The van der Waals surface area contributed by atoms with E-state index in [-0.39, 0.29) is 29.3 Å². The van der Waals surface area contributed by atoms with Gasteiger partial charge in [0.05, 0.1) is 5.02 Å². The number of benzene rings is 1. The number of amides is 1. The van der Waals surface area contributed by atoms with Crippen molar-refractivity contribution in [3.05, 3.63) is 29.0 Å². The normalized spacial score (nSPS) is 21.6. The van der Waals surface area contributed by atoms with Crippen LogP contribution in [0.15, 0.2) is 18.2 Å². The summed E-state index contributed by atoms with van der Waals surface area (Å²) in [5, 5.41) is 2.86. The van der Waals surface area contributed by atoms with Crippen LogP contribution in [0.3, 0.4) is 0 Å². The molecule has 1 amide bonds. The maximum Gasteiger partial charge on any atom is 0.258 e. The fourth-order valence-electron chi connectivity index (χ4n) is 2.03. The van der Waals surface area contributed by atoms with E-state index in [2.05, 4.69) is 5.32 Å². The summed E-state index contributed by atoms with van der Waals surface area (Å²) in [6.45, 7) is 0.526. The van der Waals surface area contributed by atoms with Crippen LogP contribution in [0.1, 0.15) is 12.8 Å². The van der Waals surface area contributed by atoms with Crippen molar-refractivity contribution in [2.24, 2.45) is 11.7 Å². The van der Waals surface area contributed by atoms with Crippen molar-refractivity contribution in [2.75, 3.05) is 13.2 Å². The van der Waals surface area contributed by atoms with Gasteiger partial charge in [-0.1, -0.05) is 11.6 Å². The van der Waals surface area contributed by atoms with Gasteiger partial charge in [-0.25, -0.2) is 4.39 Å². The molecule has 0 unspecified atom stereocenters. The van der Waals surface area contributed by atoms with E-state index in [0.29, 0.717) is 12.5 Å². The molecular formula is C13H16ClFN2O2. The van der Waals surface area contributed by atoms with Crippen molar-refractivity contribution in [1.29, 1.82) is 0 Å². The van der Waals surface area contributed by atoms with E-state index in [4.69, 9.17) is 22.1 Å². The number of carbonyl (C=O) groups excluding carboxylic acids is 1. The van der Waals surface area contributed by atoms with E-state index in [9.17, 15) is 9.18 Å². The molecule has 0 atom stereocenters. The summed E-state index contributed by atoms with van der Waals surface area (Å²) in [5.74, 6) is 0.0160. The summed E-state index contributed by atoms with van der Waals surface area (Å²) in [5.41, 5.74) is 5.50. The molecular weight excluding hydrogens is 271 g/mol. The number of hydrogen-bond acceptors (Lipinski definition) is 3. The molecule has 3 N–H and O–H groups in total. The highest BCUT2D eigenvalue weighted by Crippen LogP contribution is 2.26. The molecule has 1 aromatic carbocycles. The molecule has 0 aliphatic heterocycles. The lowest BCUT2D eigenvalue weighted by molar-refractivity contribution is -0.124. The summed E-state index contributed by atoms with van der Waals surface area (Å²) in [6, 6.07) is 4.25. The zero-order valence-corrected chi connectivity index (χ0v) is 11.1. The number of hydrogen-bond donors (Lipinski definition) is 2. The van der Waals surface area contributed by atoms with Crippen LogP contribution in [0.2, 0.25) is 5.02 Å². The first-order valence-electron chi connectivity index (χ1n) is 6.15. The quantitative estimate of drug-likeness (QED) is 0.866. The number of ether oxygens (including phenoxy) is 1. The van der Waals surface area contributed by atoms with E-state index < -0.39 is 5.82 Å². The Morgan fingerprint density at radius 3 is 2.89 bits per heavy atom. The van der Waals surface area contributed by atoms with E-state index >= 15 is 0 Å². The van der Waals surface area contributed by atoms with Gasteiger partial charge < -0.3 is 15.8 Å². The van der Waals surface area contributed by atoms with Gasteiger partial charge in [0.25, 0.3) is 5.91 Å². The first kappa shape index (κ1) is 14.1. The molecule has 1 fully saturated rings. The number of halogens is 2. The second kappa shape index (κ2) is 6.21. The third-order valence-electron chi connectivity index (χ3n) is 3.20. The molecule has 4 nitrogen and oxygen atoms in total. The topological polar surface area (TPSA) is 64.3 Å². The summed E-state index contributed by atoms with van der Waals surface area (Å²) >= 11 is 5.55. The molecule has 1 aromatic rings. The Labute approximate surface area is 116 Å². The molecule has 0 aromatic heterocycles. The van der Waals surface area contributed by atoms with Crippen LogP contribution in [0.4, 0.5) is 4.39 Å². The maximum absolute atomic E-state index is 13.1. The molecule has 19 heavy (non-hydrogen) atoms. The fourth-order valence-corrected chi connectivity index (χ4v) is 2.15. The van der Waals surface area contributed by atoms with Gasteiger partial charge in [0, 0.05) is 12.1 Å². The Hall–Kier alpha value is -1.33. The lowest BCUT2D eigenvalue weighted by atomic mass is 9.80. The monoisotopic (exact) mass is 286 g/mol. The van der Waals surface area contributed by atoms with Crippen molar-refractivity contribution < 1.29 is 13.9 Å². The van der Waals surface area contributed by atoms with E-state index in [1.165, 1.54) is 12.1 Å². The first-order chi connectivity index (χ1) is 9.08. The van der Waals surface area contributed by atoms with Gasteiger partial charge in [-0.05, 0) is 37.4 Å². The Morgan fingerprint density at radius 1 is 1.53 bits per heavy atom. The fraction of sp³-hybridized carbons (Fsp3) is 0.462. The van der Waals surface area contributed by atoms with Crippen molar-refractivity contribution in [3.63, 3.8) is 0 Å². The van der Waals surface area contributed by atoms with E-state index in [1.54, 1.807) is 0 Å². The van der Waals surface area contributed by atoms with Crippen LogP contribution in [0, 0.1) is 11.7 Å². The van der Waals surface area contributed by atoms with Crippen molar-refractivity contribution in [2.45, 2.75) is 18.9 Å². The van der Waals surface area contributed by atoms with E-state index in [0.717, 1.165) is 18.9 Å². The summed E-state index contributed by atoms with van der Waals surface area (Å²) in [6.07, 6.45) is 1.83. The third kappa shape index (κ3) is 3.81. The second-order valence-corrected chi connectivity index (χ2v) is 5.11. The minimum absolute atomic E-state index is 0.0269. The SMILES string of the molecule is NCC1CC(NC(=O)COc2ccc(Cl)c(F)c2)C1.